The van der Waals surface area contributed by atoms with E-state index in [0.717, 1.165) is 17.7 Å². The van der Waals surface area contributed by atoms with Crippen LogP contribution in [0.15, 0.2) is 83.8 Å². The topological polar surface area (TPSA) is 66.9 Å². The maximum atomic E-state index is 13.5. The molecule has 0 N–H and O–H groups in total. The Morgan fingerprint density at radius 2 is 1.65 bits per heavy atom. The van der Waals surface area contributed by atoms with Gasteiger partial charge < -0.3 is 9.64 Å². The van der Waals surface area contributed by atoms with Crippen molar-refractivity contribution < 1.29 is 17.9 Å². The number of benzene rings is 3. The quantitative estimate of drug-likeness (QED) is 0.588. The van der Waals surface area contributed by atoms with Gasteiger partial charge in [-0.15, -0.1) is 0 Å². The van der Waals surface area contributed by atoms with Gasteiger partial charge in [0.15, 0.2) is 0 Å². The second-order valence-corrected chi connectivity index (χ2v) is 9.33. The SMILES string of the molecule is COc1ccc(S(=O)(=O)N(CC(=O)N2c3ccccc3C[C@H]2C)c2ccccc2)cc1. The van der Waals surface area contributed by atoms with Crippen molar-refractivity contribution in [3.63, 3.8) is 0 Å². The molecule has 0 aromatic heterocycles. The highest BCUT2D eigenvalue weighted by molar-refractivity contribution is 7.92. The minimum atomic E-state index is -3.97. The molecule has 0 saturated heterocycles. The van der Waals surface area contributed by atoms with Crippen LogP contribution in [0.5, 0.6) is 5.75 Å². The van der Waals surface area contributed by atoms with E-state index in [0.29, 0.717) is 11.4 Å². The fourth-order valence-electron chi connectivity index (χ4n) is 3.93. The molecule has 0 fully saturated rings. The molecule has 1 aliphatic rings. The molecule has 1 heterocycles. The second-order valence-electron chi connectivity index (χ2n) is 7.47. The van der Waals surface area contributed by atoms with Crippen molar-refractivity contribution in [3.8, 4) is 5.75 Å². The molecule has 0 bridgehead atoms. The Bertz CT molecular complexity index is 1180. The molecule has 3 aromatic rings. The average molecular weight is 437 g/mol. The molecule has 4 rings (SSSR count). The predicted octanol–water partition coefficient (Wildman–Crippen LogP) is 3.87. The second kappa shape index (κ2) is 8.43. The highest BCUT2D eigenvalue weighted by atomic mass is 32.2. The summed E-state index contributed by atoms with van der Waals surface area (Å²) in [6.45, 7) is 1.68. The van der Waals surface area contributed by atoms with Gasteiger partial charge in [-0.1, -0.05) is 36.4 Å². The van der Waals surface area contributed by atoms with Gasteiger partial charge in [-0.05, 0) is 61.4 Å². The lowest BCUT2D eigenvalue weighted by Crippen LogP contribution is -2.45. The first-order chi connectivity index (χ1) is 14.9. The van der Waals surface area contributed by atoms with Crippen LogP contribution in [-0.4, -0.2) is 34.0 Å². The summed E-state index contributed by atoms with van der Waals surface area (Å²) in [6, 6.07) is 22.6. The van der Waals surface area contributed by atoms with Crippen molar-refractivity contribution in [3.05, 3.63) is 84.4 Å². The number of ether oxygens (including phenoxy) is 1. The number of amides is 1. The van der Waals surface area contributed by atoms with Gasteiger partial charge in [0, 0.05) is 11.7 Å². The molecule has 7 heteroatoms. The Kier molecular flexibility index (Phi) is 5.69. The number of hydrogen-bond acceptors (Lipinski definition) is 4. The number of nitrogens with zero attached hydrogens (tertiary/aromatic N) is 2. The third-order valence-corrected chi connectivity index (χ3v) is 7.23. The summed E-state index contributed by atoms with van der Waals surface area (Å²) in [6.07, 6.45) is 0.748. The lowest BCUT2D eigenvalue weighted by molar-refractivity contribution is -0.117. The standard InChI is InChI=1S/C24H24N2O4S/c1-18-16-19-8-6-7-11-23(19)26(18)24(27)17-25(20-9-4-3-5-10-20)31(28,29)22-14-12-21(30-2)13-15-22/h3-15,18H,16-17H2,1-2H3/t18-/m1/s1. The van der Waals surface area contributed by atoms with Crippen LogP contribution in [0.4, 0.5) is 11.4 Å². The van der Waals surface area contributed by atoms with E-state index < -0.39 is 10.0 Å². The molecule has 1 atom stereocenters. The summed E-state index contributed by atoms with van der Waals surface area (Å²) in [4.78, 5) is 15.2. The number of methoxy groups -OCH3 is 1. The van der Waals surface area contributed by atoms with E-state index in [-0.39, 0.29) is 23.4 Å². The van der Waals surface area contributed by atoms with E-state index >= 15 is 0 Å². The molecule has 1 aliphatic heterocycles. The number of anilines is 2. The van der Waals surface area contributed by atoms with Crippen LogP contribution >= 0.6 is 0 Å². The Morgan fingerprint density at radius 1 is 1.00 bits per heavy atom. The third kappa shape index (κ3) is 4.01. The van der Waals surface area contributed by atoms with Crippen molar-refractivity contribution in [1.82, 2.24) is 0 Å². The van der Waals surface area contributed by atoms with Gasteiger partial charge in [0.1, 0.15) is 12.3 Å². The van der Waals surface area contributed by atoms with Crippen molar-refractivity contribution in [2.45, 2.75) is 24.3 Å². The molecular formula is C24H24N2O4S. The van der Waals surface area contributed by atoms with E-state index in [1.54, 1.807) is 41.3 Å². The van der Waals surface area contributed by atoms with Gasteiger partial charge >= 0.3 is 0 Å². The largest absolute Gasteiger partial charge is 0.497 e. The average Bonchev–Trinajstić information content (AvgIpc) is 3.13. The number of carbonyl (C=O) groups is 1. The number of para-hydroxylation sites is 2. The number of carbonyl (C=O) groups excluding carboxylic acids is 1. The molecular weight excluding hydrogens is 412 g/mol. The van der Waals surface area contributed by atoms with E-state index in [9.17, 15) is 13.2 Å². The zero-order valence-corrected chi connectivity index (χ0v) is 18.2. The monoisotopic (exact) mass is 436 g/mol. The lowest BCUT2D eigenvalue weighted by atomic mass is 10.1. The maximum absolute atomic E-state index is 13.5. The van der Waals surface area contributed by atoms with Gasteiger partial charge in [0.25, 0.3) is 10.0 Å². The summed E-state index contributed by atoms with van der Waals surface area (Å²) in [5.74, 6) is 0.294. The number of sulfonamides is 1. The van der Waals surface area contributed by atoms with Crippen LogP contribution < -0.4 is 13.9 Å². The van der Waals surface area contributed by atoms with E-state index in [1.807, 2.05) is 37.3 Å². The summed E-state index contributed by atoms with van der Waals surface area (Å²) in [5, 5.41) is 0. The molecule has 160 valence electrons. The Labute approximate surface area is 182 Å². The first kappa shape index (κ1) is 20.9. The predicted molar refractivity (Wildman–Crippen MR) is 121 cm³/mol. The van der Waals surface area contributed by atoms with Crippen LogP contribution in [0.1, 0.15) is 12.5 Å². The molecule has 0 spiro atoms. The molecule has 3 aromatic carbocycles. The molecule has 6 nitrogen and oxygen atoms in total. The molecule has 31 heavy (non-hydrogen) atoms. The molecule has 0 aliphatic carbocycles. The first-order valence-corrected chi connectivity index (χ1v) is 11.5. The number of fused-ring (bicyclic) bond motifs is 1. The minimum absolute atomic E-state index is 0.0359. The van der Waals surface area contributed by atoms with Crippen LogP contribution in [0.2, 0.25) is 0 Å². The molecule has 0 radical (unpaired) electrons. The smallest absolute Gasteiger partial charge is 0.264 e. The highest BCUT2D eigenvalue weighted by Gasteiger charge is 2.34. The van der Waals surface area contributed by atoms with Gasteiger partial charge in [-0.2, -0.15) is 0 Å². The zero-order valence-electron chi connectivity index (χ0n) is 17.4. The molecule has 0 unspecified atom stereocenters. The van der Waals surface area contributed by atoms with Crippen molar-refractivity contribution in [1.29, 1.82) is 0 Å². The van der Waals surface area contributed by atoms with Crippen LogP contribution in [0, 0.1) is 0 Å². The summed E-state index contributed by atoms with van der Waals surface area (Å²) < 4.78 is 33.4. The molecule has 1 amide bonds. The fraction of sp³-hybridized carbons (Fsp3) is 0.208. The van der Waals surface area contributed by atoms with E-state index in [1.165, 1.54) is 23.5 Å². The van der Waals surface area contributed by atoms with Gasteiger partial charge in [-0.3, -0.25) is 9.10 Å². The van der Waals surface area contributed by atoms with Crippen LogP contribution in [0.25, 0.3) is 0 Å². The van der Waals surface area contributed by atoms with Crippen LogP contribution in [0.3, 0.4) is 0 Å². The summed E-state index contributed by atoms with van der Waals surface area (Å²) in [5.41, 5.74) is 2.37. The van der Waals surface area contributed by atoms with Crippen molar-refractivity contribution >= 4 is 27.3 Å². The van der Waals surface area contributed by atoms with E-state index in [2.05, 4.69) is 0 Å². The number of rotatable bonds is 6. The summed E-state index contributed by atoms with van der Waals surface area (Å²) >= 11 is 0. The van der Waals surface area contributed by atoms with Crippen molar-refractivity contribution in [2.24, 2.45) is 0 Å². The normalized spacial score (nSPS) is 15.4. The van der Waals surface area contributed by atoms with Gasteiger partial charge in [-0.25, -0.2) is 8.42 Å². The Balaban J connectivity index is 1.70. The Hall–Kier alpha value is -3.32. The van der Waals surface area contributed by atoms with E-state index in [4.69, 9.17) is 4.74 Å². The molecule has 0 saturated carbocycles. The lowest BCUT2D eigenvalue weighted by Gasteiger charge is -2.29. The Morgan fingerprint density at radius 3 is 2.32 bits per heavy atom. The van der Waals surface area contributed by atoms with Crippen LogP contribution in [-0.2, 0) is 21.2 Å². The fourth-order valence-corrected chi connectivity index (χ4v) is 5.34. The third-order valence-electron chi connectivity index (χ3n) is 5.45. The highest BCUT2D eigenvalue weighted by Crippen LogP contribution is 2.33. The van der Waals surface area contributed by atoms with Gasteiger partial charge in [0.2, 0.25) is 5.91 Å². The maximum Gasteiger partial charge on any atom is 0.264 e. The summed E-state index contributed by atoms with van der Waals surface area (Å²) in [7, 11) is -2.45. The number of hydrogen-bond donors (Lipinski definition) is 0. The minimum Gasteiger partial charge on any atom is -0.497 e. The van der Waals surface area contributed by atoms with Gasteiger partial charge in [0.05, 0.1) is 17.7 Å². The zero-order chi connectivity index (χ0) is 22.0. The van der Waals surface area contributed by atoms with Crippen molar-refractivity contribution in [2.75, 3.05) is 22.9 Å². The first-order valence-electron chi connectivity index (χ1n) is 10.0.